The summed E-state index contributed by atoms with van der Waals surface area (Å²) in [6, 6.07) is 7.27. The van der Waals surface area contributed by atoms with Crippen molar-refractivity contribution in [1.82, 2.24) is 9.80 Å². The monoisotopic (exact) mass is 289 g/mol. The van der Waals surface area contributed by atoms with Gasteiger partial charge in [0.15, 0.2) is 0 Å². The topological polar surface area (TPSA) is 19.0 Å². The van der Waals surface area contributed by atoms with Crippen molar-refractivity contribution in [3.05, 3.63) is 23.8 Å². The normalized spacial score (nSPS) is 21.4. The van der Waals surface area contributed by atoms with E-state index in [2.05, 4.69) is 46.9 Å². The Morgan fingerprint density at radius 2 is 1.86 bits per heavy atom. The summed E-state index contributed by atoms with van der Waals surface area (Å²) in [4.78, 5) is 7.58. The Morgan fingerprint density at radius 1 is 1.14 bits per heavy atom. The van der Waals surface area contributed by atoms with Crippen molar-refractivity contribution < 1.29 is 4.74 Å². The number of anilines is 1. The van der Waals surface area contributed by atoms with Gasteiger partial charge in [0.05, 0.1) is 7.11 Å². The van der Waals surface area contributed by atoms with Crippen LogP contribution in [-0.4, -0.2) is 69.3 Å². The van der Waals surface area contributed by atoms with Crippen LogP contribution in [-0.2, 0) is 6.42 Å². The average Bonchev–Trinajstić information content (AvgIpc) is 2.51. The van der Waals surface area contributed by atoms with Crippen molar-refractivity contribution in [2.45, 2.75) is 19.4 Å². The second-order valence-corrected chi connectivity index (χ2v) is 6.25. The molecule has 0 bridgehead atoms. The quantitative estimate of drug-likeness (QED) is 0.839. The second-order valence-electron chi connectivity index (χ2n) is 6.25. The van der Waals surface area contributed by atoms with Gasteiger partial charge in [0.1, 0.15) is 5.75 Å². The van der Waals surface area contributed by atoms with Crippen LogP contribution in [0.25, 0.3) is 0 Å². The van der Waals surface area contributed by atoms with Crippen molar-refractivity contribution in [3.63, 3.8) is 0 Å². The number of methoxy groups -OCH3 is 1. The second kappa shape index (κ2) is 6.24. The van der Waals surface area contributed by atoms with Gasteiger partial charge in [-0.2, -0.15) is 0 Å². The van der Waals surface area contributed by atoms with Gasteiger partial charge in [-0.15, -0.1) is 0 Å². The third-order valence-corrected chi connectivity index (χ3v) is 4.89. The Labute approximate surface area is 128 Å². The van der Waals surface area contributed by atoms with Crippen molar-refractivity contribution in [2.75, 3.05) is 58.3 Å². The highest BCUT2D eigenvalue weighted by Crippen LogP contribution is 2.28. The van der Waals surface area contributed by atoms with E-state index in [9.17, 15) is 0 Å². The average molecular weight is 289 g/mol. The first-order chi connectivity index (χ1) is 10.2. The SMILES string of the molecule is CCc1ccc(OC)cc1N1CCN(C2CN(C)C2)CC1. The van der Waals surface area contributed by atoms with Crippen LogP contribution in [0.2, 0.25) is 0 Å². The summed E-state index contributed by atoms with van der Waals surface area (Å²) in [7, 11) is 3.95. The molecule has 0 amide bonds. The zero-order valence-corrected chi connectivity index (χ0v) is 13.5. The van der Waals surface area contributed by atoms with Gasteiger partial charge in [-0.05, 0) is 25.1 Å². The number of hydrogen-bond donors (Lipinski definition) is 0. The highest BCUT2D eigenvalue weighted by Gasteiger charge is 2.31. The van der Waals surface area contributed by atoms with Crippen molar-refractivity contribution >= 4 is 5.69 Å². The van der Waals surface area contributed by atoms with Crippen LogP contribution in [0.5, 0.6) is 5.75 Å². The van der Waals surface area contributed by atoms with Gasteiger partial charge in [-0.1, -0.05) is 13.0 Å². The Hall–Kier alpha value is -1.26. The number of ether oxygens (including phenoxy) is 1. The molecule has 0 aromatic heterocycles. The number of likely N-dealkylation sites (N-methyl/N-ethyl adjacent to an activating group) is 1. The molecule has 0 N–H and O–H groups in total. The minimum Gasteiger partial charge on any atom is -0.497 e. The molecular formula is C17H27N3O. The largest absolute Gasteiger partial charge is 0.497 e. The molecule has 1 aromatic carbocycles. The summed E-state index contributed by atoms with van der Waals surface area (Å²) < 4.78 is 5.40. The molecular weight excluding hydrogens is 262 g/mol. The minimum absolute atomic E-state index is 0.785. The Bertz CT molecular complexity index is 477. The van der Waals surface area contributed by atoms with Gasteiger partial charge in [-0.3, -0.25) is 4.90 Å². The first kappa shape index (κ1) is 14.7. The van der Waals surface area contributed by atoms with Crippen LogP contribution in [0.1, 0.15) is 12.5 Å². The molecule has 2 fully saturated rings. The van der Waals surface area contributed by atoms with E-state index < -0.39 is 0 Å². The van der Waals surface area contributed by atoms with E-state index in [1.165, 1.54) is 37.4 Å². The predicted octanol–water partition coefficient (Wildman–Crippen LogP) is 1.69. The van der Waals surface area contributed by atoms with Gasteiger partial charge >= 0.3 is 0 Å². The molecule has 2 aliphatic heterocycles. The molecule has 0 aliphatic carbocycles. The van der Waals surface area contributed by atoms with E-state index in [-0.39, 0.29) is 0 Å². The van der Waals surface area contributed by atoms with Gasteiger partial charge in [-0.25, -0.2) is 0 Å². The number of likely N-dealkylation sites (tertiary alicyclic amines) is 1. The molecule has 0 spiro atoms. The molecule has 2 heterocycles. The van der Waals surface area contributed by atoms with Gasteiger partial charge in [0, 0.05) is 57.1 Å². The van der Waals surface area contributed by atoms with Crippen LogP contribution in [0.4, 0.5) is 5.69 Å². The summed E-state index contributed by atoms with van der Waals surface area (Å²) in [6.45, 7) is 9.31. The van der Waals surface area contributed by atoms with Gasteiger partial charge < -0.3 is 14.5 Å². The van der Waals surface area contributed by atoms with Crippen LogP contribution in [0, 0.1) is 0 Å². The fourth-order valence-corrected chi connectivity index (χ4v) is 3.49. The zero-order chi connectivity index (χ0) is 14.8. The summed E-state index contributed by atoms with van der Waals surface area (Å²) in [5, 5.41) is 0. The van der Waals surface area contributed by atoms with Crippen LogP contribution >= 0.6 is 0 Å². The van der Waals surface area contributed by atoms with E-state index in [0.29, 0.717) is 0 Å². The standard InChI is InChI=1S/C17H27N3O/c1-4-14-5-6-16(21-3)11-17(14)20-9-7-19(8-10-20)15-12-18(2)13-15/h5-6,11,15H,4,7-10,12-13H2,1-3H3. The molecule has 2 aliphatic rings. The number of piperazine rings is 1. The fourth-order valence-electron chi connectivity index (χ4n) is 3.49. The molecule has 0 atom stereocenters. The number of rotatable bonds is 4. The summed E-state index contributed by atoms with van der Waals surface area (Å²) in [5.74, 6) is 0.963. The third kappa shape index (κ3) is 3.01. The lowest BCUT2D eigenvalue weighted by Crippen LogP contribution is -2.62. The van der Waals surface area contributed by atoms with E-state index in [4.69, 9.17) is 4.74 Å². The Balaban J connectivity index is 1.66. The number of benzene rings is 1. The molecule has 0 unspecified atom stereocenters. The first-order valence-electron chi connectivity index (χ1n) is 8.05. The summed E-state index contributed by atoms with van der Waals surface area (Å²) in [5.41, 5.74) is 2.79. The maximum absolute atomic E-state index is 5.40. The Kier molecular flexibility index (Phi) is 4.36. The molecule has 1 aromatic rings. The van der Waals surface area contributed by atoms with Crippen LogP contribution < -0.4 is 9.64 Å². The molecule has 116 valence electrons. The number of aryl methyl sites for hydroxylation is 1. The number of hydrogen-bond acceptors (Lipinski definition) is 4. The molecule has 2 saturated heterocycles. The molecule has 4 heteroatoms. The molecule has 21 heavy (non-hydrogen) atoms. The molecule has 0 radical (unpaired) electrons. The highest BCUT2D eigenvalue weighted by molar-refractivity contribution is 5.57. The third-order valence-electron chi connectivity index (χ3n) is 4.89. The first-order valence-corrected chi connectivity index (χ1v) is 8.05. The van der Waals surface area contributed by atoms with Crippen LogP contribution in [0.3, 0.4) is 0 Å². The van der Waals surface area contributed by atoms with E-state index in [0.717, 1.165) is 31.3 Å². The van der Waals surface area contributed by atoms with Gasteiger partial charge in [0.25, 0.3) is 0 Å². The fraction of sp³-hybridized carbons (Fsp3) is 0.647. The number of nitrogens with zero attached hydrogens (tertiary/aromatic N) is 3. The maximum Gasteiger partial charge on any atom is 0.120 e. The van der Waals surface area contributed by atoms with E-state index in [1.807, 2.05) is 0 Å². The molecule has 4 nitrogen and oxygen atoms in total. The lowest BCUT2D eigenvalue weighted by atomic mass is 10.1. The van der Waals surface area contributed by atoms with Crippen molar-refractivity contribution in [2.24, 2.45) is 0 Å². The summed E-state index contributed by atoms with van der Waals surface area (Å²) >= 11 is 0. The summed E-state index contributed by atoms with van der Waals surface area (Å²) in [6.07, 6.45) is 1.08. The van der Waals surface area contributed by atoms with Crippen molar-refractivity contribution in [3.8, 4) is 5.75 Å². The predicted molar refractivity (Wildman–Crippen MR) is 87.4 cm³/mol. The molecule has 3 rings (SSSR count). The molecule has 0 saturated carbocycles. The van der Waals surface area contributed by atoms with E-state index >= 15 is 0 Å². The van der Waals surface area contributed by atoms with Crippen LogP contribution in [0.15, 0.2) is 18.2 Å². The van der Waals surface area contributed by atoms with Crippen molar-refractivity contribution in [1.29, 1.82) is 0 Å². The highest BCUT2D eigenvalue weighted by atomic mass is 16.5. The minimum atomic E-state index is 0.785. The lowest BCUT2D eigenvalue weighted by Gasteiger charge is -2.47. The lowest BCUT2D eigenvalue weighted by molar-refractivity contribution is 0.0487. The van der Waals surface area contributed by atoms with Gasteiger partial charge in [0.2, 0.25) is 0 Å². The maximum atomic E-state index is 5.40. The Morgan fingerprint density at radius 3 is 2.43 bits per heavy atom. The van der Waals surface area contributed by atoms with E-state index in [1.54, 1.807) is 7.11 Å². The zero-order valence-electron chi connectivity index (χ0n) is 13.5. The smallest absolute Gasteiger partial charge is 0.120 e.